The standard InChI is InChI=1S/C17H25N3O/c1-17(2,3)19-12-20(13-21)15-9-10-16(18-11-15)14-7-5-4-6-8-14/h4-8,12-13,15-16,18H,9-11H2,1-3H3/b19-12-. The second kappa shape index (κ2) is 6.85. The molecule has 2 unspecified atom stereocenters. The quantitative estimate of drug-likeness (QED) is 0.526. The van der Waals surface area contributed by atoms with Gasteiger partial charge in [0, 0.05) is 12.6 Å². The van der Waals surface area contributed by atoms with E-state index >= 15 is 0 Å². The van der Waals surface area contributed by atoms with Crippen LogP contribution in [0.25, 0.3) is 0 Å². The van der Waals surface area contributed by atoms with E-state index in [-0.39, 0.29) is 11.6 Å². The molecule has 114 valence electrons. The van der Waals surface area contributed by atoms with E-state index in [1.807, 2.05) is 26.8 Å². The number of hydrogen-bond acceptors (Lipinski definition) is 3. The van der Waals surface area contributed by atoms with Gasteiger partial charge in [-0.05, 0) is 39.2 Å². The molecule has 0 aromatic heterocycles. The fourth-order valence-corrected chi connectivity index (χ4v) is 2.51. The zero-order chi connectivity index (χ0) is 15.3. The van der Waals surface area contributed by atoms with Crippen molar-refractivity contribution in [2.45, 2.75) is 51.2 Å². The summed E-state index contributed by atoms with van der Waals surface area (Å²) in [6, 6.07) is 11.0. The van der Waals surface area contributed by atoms with Crippen LogP contribution in [0.15, 0.2) is 35.3 Å². The molecule has 1 saturated heterocycles. The Kier molecular flexibility index (Phi) is 5.12. The lowest BCUT2D eigenvalue weighted by Gasteiger charge is -2.34. The number of carbonyl (C=O) groups excluding carboxylic acids is 1. The summed E-state index contributed by atoms with van der Waals surface area (Å²) in [5.41, 5.74) is 1.16. The number of amides is 1. The van der Waals surface area contributed by atoms with Gasteiger partial charge in [0.15, 0.2) is 0 Å². The Bertz CT molecular complexity index is 471. The zero-order valence-electron chi connectivity index (χ0n) is 13.1. The fraction of sp³-hybridized carbons (Fsp3) is 0.529. The molecule has 1 fully saturated rings. The molecule has 1 aromatic carbocycles. The van der Waals surface area contributed by atoms with Crippen LogP contribution in [0.3, 0.4) is 0 Å². The van der Waals surface area contributed by atoms with E-state index in [0.29, 0.717) is 6.04 Å². The summed E-state index contributed by atoms with van der Waals surface area (Å²) in [6.07, 6.45) is 4.58. The van der Waals surface area contributed by atoms with Crippen molar-refractivity contribution >= 4 is 12.7 Å². The summed E-state index contributed by atoms with van der Waals surface area (Å²) in [6.45, 7) is 6.87. The molecule has 1 amide bonds. The minimum absolute atomic E-state index is 0.157. The van der Waals surface area contributed by atoms with Crippen LogP contribution in [0.4, 0.5) is 0 Å². The maximum atomic E-state index is 11.3. The van der Waals surface area contributed by atoms with Crippen molar-refractivity contribution in [2.75, 3.05) is 6.54 Å². The number of nitrogens with zero attached hydrogens (tertiary/aromatic N) is 2. The highest BCUT2D eigenvalue weighted by atomic mass is 16.1. The minimum Gasteiger partial charge on any atom is -0.308 e. The molecule has 1 aliphatic heterocycles. The van der Waals surface area contributed by atoms with E-state index in [2.05, 4.69) is 34.6 Å². The lowest BCUT2D eigenvalue weighted by molar-refractivity contribution is -0.116. The first-order valence-corrected chi connectivity index (χ1v) is 7.56. The van der Waals surface area contributed by atoms with Crippen LogP contribution in [-0.4, -0.2) is 35.8 Å². The van der Waals surface area contributed by atoms with Gasteiger partial charge in [0.2, 0.25) is 6.41 Å². The molecule has 2 rings (SSSR count). The highest BCUT2D eigenvalue weighted by Crippen LogP contribution is 2.24. The molecule has 4 heteroatoms. The third-order valence-electron chi connectivity index (χ3n) is 3.71. The largest absolute Gasteiger partial charge is 0.308 e. The van der Waals surface area contributed by atoms with E-state index in [1.165, 1.54) is 5.56 Å². The maximum Gasteiger partial charge on any atom is 0.215 e. The first-order valence-electron chi connectivity index (χ1n) is 7.56. The van der Waals surface area contributed by atoms with Crippen LogP contribution in [-0.2, 0) is 4.79 Å². The molecule has 21 heavy (non-hydrogen) atoms. The van der Waals surface area contributed by atoms with Crippen LogP contribution in [0.5, 0.6) is 0 Å². The first-order chi connectivity index (χ1) is 9.99. The van der Waals surface area contributed by atoms with Gasteiger partial charge in [-0.15, -0.1) is 0 Å². The third kappa shape index (κ3) is 4.67. The summed E-state index contributed by atoms with van der Waals surface area (Å²) in [7, 11) is 0. The highest BCUT2D eigenvalue weighted by Gasteiger charge is 2.25. The Hall–Kier alpha value is -1.68. The maximum absolute atomic E-state index is 11.3. The SMILES string of the molecule is CC(C)(C)/N=C\N(C=O)C1CCC(c2ccccc2)NC1. The molecule has 1 heterocycles. The lowest BCUT2D eigenvalue weighted by atomic mass is 9.94. The Morgan fingerprint density at radius 1 is 1.24 bits per heavy atom. The summed E-state index contributed by atoms with van der Waals surface area (Å²) in [4.78, 5) is 17.4. The molecule has 1 N–H and O–H groups in total. The smallest absolute Gasteiger partial charge is 0.215 e. The summed E-state index contributed by atoms with van der Waals surface area (Å²) in [5.74, 6) is 0. The van der Waals surface area contributed by atoms with Crippen LogP contribution >= 0.6 is 0 Å². The summed E-state index contributed by atoms with van der Waals surface area (Å²) < 4.78 is 0. The van der Waals surface area contributed by atoms with E-state index in [0.717, 1.165) is 25.8 Å². The van der Waals surface area contributed by atoms with Crippen LogP contribution in [0, 0.1) is 0 Å². The predicted molar refractivity (Wildman–Crippen MR) is 86.4 cm³/mol. The van der Waals surface area contributed by atoms with Crippen LogP contribution < -0.4 is 5.32 Å². The zero-order valence-corrected chi connectivity index (χ0v) is 13.1. The molecular weight excluding hydrogens is 262 g/mol. The van der Waals surface area contributed by atoms with Crippen molar-refractivity contribution in [2.24, 2.45) is 4.99 Å². The van der Waals surface area contributed by atoms with Crippen molar-refractivity contribution in [1.82, 2.24) is 10.2 Å². The van der Waals surface area contributed by atoms with Gasteiger partial charge in [0.1, 0.15) is 0 Å². The number of benzene rings is 1. The van der Waals surface area contributed by atoms with E-state index in [9.17, 15) is 4.79 Å². The van der Waals surface area contributed by atoms with Crippen LogP contribution in [0.1, 0.15) is 45.2 Å². The molecule has 0 bridgehead atoms. The molecule has 0 saturated carbocycles. The normalized spacial score (nSPS) is 23.2. The number of aliphatic imine (C=N–C) groups is 1. The van der Waals surface area contributed by atoms with Crippen molar-refractivity contribution in [3.63, 3.8) is 0 Å². The molecule has 0 aliphatic carbocycles. The van der Waals surface area contributed by atoms with Gasteiger partial charge >= 0.3 is 0 Å². The van der Waals surface area contributed by atoms with Crippen LogP contribution in [0.2, 0.25) is 0 Å². The second-order valence-electron chi connectivity index (χ2n) is 6.57. The van der Waals surface area contributed by atoms with Crippen molar-refractivity contribution < 1.29 is 4.79 Å². The molecule has 1 aromatic rings. The number of rotatable bonds is 4. The molecule has 4 nitrogen and oxygen atoms in total. The lowest BCUT2D eigenvalue weighted by Crippen LogP contribution is -2.46. The van der Waals surface area contributed by atoms with Gasteiger partial charge in [-0.25, -0.2) is 0 Å². The average molecular weight is 287 g/mol. The number of carbonyl (C=O) groups is 1. The Labute approximate surface area is 127 Å². The molecule has 0 spiro atoms. The Morgan fingerprint density at radius 2 is 1.95 bits per heavy atom. The van der Waals surface area contributed by atoms with Gasteiger partial charge in [-0.2, -0.15) is 0 Å². The van der Waals surface area contributed by atoms with Crippen molar-refractivity contribution in [3.8, 4) is 0 Å². The predicted octanol–water partition coefficient (Wildman–Crippen LogP) is 2.76. The van der Waals surface area contributed by atoms with Gasteiger partial charge < -0.3 is 10.2 Å². The van der Waals surface area contributed by atoms with Gasteiger partial charge in [0.05, 0.1) is 17.9 Å². The summed E-state index contributed by atoms with van der Waals surface area (Å²) in [5, 5.41) is 3.54. The summed E-state index contributed by atoms with van der Waals surface area (Å²) >= 11 is 0. The van der Waals surface area contributed by atoms with Crippen molar-refractivity contribution in [3.05, 3.63) is 35.9 Å². The van der Waals surface area contributed by atoms with Gasteiger partial charge in [-0.3, -0.25) is 9.79 Å². The monoisotopic (exact) mass is 287 g/mol. The number of hydrogen-bond donors (Lipinski definition) is 1. The molecular formula is C17H25N3O. The topological polar surface area (TPSA) is 44.7 Å². The number of nitrogens with one attached hydrogen (secondary N) is 1. The molecule has 1 aliphatic rings. The van der Waals surface area contributed by atoms with E-state index in [4.69, 9.17) is 0 Å². The molecule has 2 atom stereocenters. The minimum atomic E-state index is -0.157. The third-order valence-corrected chi connectivity index (χ3v) is 3.71. The van der Waals surface area contributed by atoms with Gasteiger partial charge in [0.25, 0.3) is 0 Å². The number of piperidine rings is 1. The fourth-order valence-electron chi connectivity index (χ4n) is 2.51. The van der Waals surface area contributed by atoms with E-state index in [1.54, 1.807) is 11.2 Å². The van der Waals surface area contributed by atoms with Crippen molar-refractivity contribution in [1.29, 1.82) is 0 Å². The highest BCUT2D eigenvalue weighted by molar-refractivity contribution is 5.73. The molecule has 0 radical (unpaired) electrons. The second-order valence-corrected chi connectivity index (χ2v) is 6.57. The first kappa shape index (κ1) is 15.7. The Balaban J connectivity index is 1.93. The average Bonchev–Trinajstić information content (AvgIpc) is 2.48. The van der Waals surface area contributed by atoms with E-state index < -0.39 is 0 Å². The van der Waals surface area contributed by atoms with Gasteiger partial charge in [-0.1, -0.05) is 30.3 Å². The Morgan fingerprint density at radius 3 is 2.48 bits per heavy atom.